The number of methoxy groups -OCH3 is 1. The molecule has 4 aromatic rings. The smallest absolute Gasteiger partial charge is 0.342 e. The highest BCUT2D eigenvalue weighted by molar-refractivity contribution is 5.91. The molecule has 0 amide bonds. The fraction of sp³-hybridized carbons (Fsp3) is 0.217. The van der Waals surface area contributed by atoms with Crippen molar-refractivity contribution in [1.29, 1.82) is 0 Å². The third kappa shape index (κ3) is 4.48. The van der Waals surface area contributed by atoms with Gasteiger partial charge in [0.1, 0.15) is 11.3 Å². The van der Waals surface area contributed by atoms with Crippen molar-refractivity contribution in [3.8, 4) is 17.1 Å². The van der Waals surface area contributed by atoms with Crippen LogP contribution in [0.3, 0.4) is 0 Å². The molecule has 0 N–H and O–H groups in total. The van der Waals surface area contributed by atoms with E-state index in [-0.39, 0.29) is 12.5 Å². The monoisotopic (exact) mass is 418 g/mol. The van der Waals surface area contributed by atoms with E-state index in [1.807, 2.05) is 55.5 Å². The molecule has 0 atom stereocenters. The summed E-state index contributed by atoms with van der Waals surface area (Å²) in [6.07, 6.45) is 0. The largest absolute Gasteiger partial charge is 0.497 e. The number of carbonyl (C=O) groups is 1. The maximum Gasteiger partial charge on any atom is 0.342 e. The molecule has 2 heterocycles. The summed E-state index contributed by atoms with van der Waals surface area (Å²) in [5.41, 5.74) is 3.65. The van der Waals surface area contributed by atoms with Crippen LogP contribution >= 0.6 is 0 Å². The Bertz CT molecular complexity index is 1200. The maximum atomic E-state index is 12.7. The molecule has 0 aliphatic heterocycles. The van der Waals surface area contributed by atoms with Gasteiger partial charge in [0.15, 0.2) is 6.61 Å². The Morgan fingerprint density at radius 1 is 1.10 bits per heavy atom. The number of ether oxygens (including phenoxy) is 2. The summed E-state index contributed by atoms with van der Waals surface area (Å²) in [5, 5.41) is 8.44. The minimum Gasteiger partial charge on any atom is -0.497 e. The molecule has 0 spiro atoms. The first kappa shape index (κ1) is 20.3. The van der Waals surface area contributed by atoms with Crippen LogP contribution in [0.1, 0.15) is 33.2 Å². The molecule has 2 aromatic carbocycles. The summed E-state index contributed by atoms with van der Waals surface area (Å²) in [7, 11) is 1.59. The van der Waals surface area contributed by atoms with Crippen molar-refractivity contribution in [2.75, 3.05) is 7.11 Å². The standard InChI is InChI=1S/C23H22N4O4/c1-15-21(16(2)27(25-15)13-17-8-5-4-6-9-17)23(28)30-14-20-24-22(26-31-20)18-10-7-11-19(12-18)29-3/h4-12H,13-14H2,1-3H3. The van der Waals surface area contributed by atoms with E-state index < -0.39 is 5.97 Å². The lowest BCUT2D eigenvalue weighted by Gasteiger charge is -2.05. The van der Waals surface area contributed by atoms with Crippen LogP contribution in [0.25, 0.3) is 11.4 Å². The third-order valence-corrected chi connectivity index (χ3v) is 4.88. The van der Waals surface area contributed by atoms with Crippen LogP contribution in [0.15, 0.2) is 59.1 Å². The summed E-state index contributed by atoms with van der Waals surface area (Å²) in [4.78, 5) is 17.0. The summed E-state index contributed by atoms with van der Waals surface area (Å²) in [6, 6.07) is 17.3. The van der Waals surface area contributed by atoms with Crippen molar-refractivity contribution in [2.24, 2.45) is 0 Å². The maximum absolute atomic E-state index is 12.7. The van der Waals surface area contributed by atoms with E-state index in [0.29, 0.717) is 29.4 Å². The molecular weight excluding hydrogens is 396 g/mol. The molecule has 158 valence electrons. The molecular formula is C23H22N4O4. The number of carbonyl (C=O) groups excluding carboxylic acids is 1. The van der Waals surface area contributed by atoms with Crippen molar-refractivity contribution in [3.05, 3.63) is 83.0 Å². The molecule has 8 heteroatoms. The van der Waals surface area contributed by atoms with Gasteiger partial charge in [-0.1, -0.05) is 47.6 Å². The van der Waals surface area contributed by atoms with E-state index in [1.54, 1.807) is 24.8 Å². The molecule has 0 fully saturated rings. The molecule has 0 saturated carbocycles. The number of hydrogen-bond donors (Lipinski definition) is 0. The minimum atomic E-state index is -0.476. The molecule has 0 saturated heterocycles. The molecule has 0 unspecified atom stereocenters. The molecule has 31 heavy (non-hydrogen) atoms. The molecule has 0 aliphatic carbocycles. The molecule has 0 bridgehead atoms. The van der Waals surface area contributed by atoms with Gasteiger partial charge >= 0.3 is 5.97 Å². The Kier molecular flexibility index (Phi) is 5.79. The van der Waals surface area contributed by atoms with Crippen LogP contribution in [0.4, 0.5) is 0 Å². The Morgan fingerprint density at radius 3 is 2.68 bits per heavy atom. The Hall–Kier alpha value is -3.94. The van der Waals surface area contributed by atoms with Crippen molar-refractivity contribution in [3.63, 3.8) is 0 Å². The van der Waals surface area contributed by atoms with E-state index >= 15 is 0 Å². The van der Waals surface area contributed by atoms with Gasteiger partial charge in [0.05, 0.1) is 25.0 Å². The van der Waals surface area contributed by atoms with Gasteiger partial charge in [0, 0.05) is 5.56 Å². The van der Waals surface area contributed by atoms with E-state index in [1.165, 1.54) is 0 Å². The quantitative estimate of drug-likeness (QED) is 0.419. The van der Waals surface area contributed by atoms with Crippen molar-refractivity contribution < 1.29 is 18.8 Å². The number of aromatic nitrogens is 4. The number of hydrogen-bond acceptors (Lipinski definition) is 7. The average molecular weight is 418 g/mol. The second kappa shape index (κ2) is 8.83. The Labute approximate surface area is 179 Å². The van der Waals surface area contributed by atoms with E-state index in [0.717, 1.165) is 16.8 Å². The van der Waals surface area contributed by atoms with E-state index in [9.17, 15) is 4.79 Å². The first-order valence-corrected chi connectivity index (χ1v) is 9.77. The number of rotatable bonds is 7. The minimum absolute atomic E-state index is 0.126. The normalized spacial score (nSPS) is 10.8. The fourth-order valence-corrected chi connectivity index (χ4v) is 3.29. The van der Waals surface area contributed by atoms with Gasteiger partial charge in [-0.2, -0.15) is 10.1 Å². The number of benzene rings is 2. The number of esters is 1. The molecule has 4 rings (SSSR count). The lowest BCUT2D eigenvalue weighted by molar-refractivity contribution is 0.0428. The average Bonchev–Trinajstić information content (AvgIpc) is 3.37. The van der Waals surface area contributed by atoms with Gasteiger partial charge in [-0.3, -0.25) is 4.68 Å². The third-order valence-electron chi connectivity index (χ3n) is 4.88. The predicted octanol–water partition coefficient (Wildman–Crippen LogP) is 3.96. The lowest BCUT2D eigenvalue weighted by Crippen LogP contribution is -2.09. The van der Waals surface area contributed by atoms with Gasteiger partial charge in [-0.05, 0) is 31.5 Å². The zero-order valence-electron chi connectivity index (χ0n) is 17.5. The zero-order valence-corrected chi connectivity index (χ0v) is 17.5. The first-order valence-electron chi connectivity index (χ1n) is 9.77. The van der Waals surface area contributed by atoms with E-state index in [2.05, 4.69) is 15.2 Å². The van der Waals surface area contributed by atoms with Crippen LogP contribution in [-0.2, 0) is 17.9 Å². The van der Waals surface area contributed by atoms with Crippen molar-refractivity contribution in [1.82, 2.24) is 19.9 Å². The highest BCUT2D eigenvalue weighted by atomic mass is 16.6. The van der Waals surface area contributed by atoms with Crippen LogP contribution < -0.4 is 4.74 Å². The summed E-state index contributed by atoms with van der Waals surface area (Å²) in [5.74, 6) is 0.815. The summed E-state index contributed by atoms with van der Waals surface area (Å²) >= 11 is 0. The van der Waals surface area contributed by atoms with E-state index in [4.69, 9.17) is 14.0 Å². The second-order valence-corrected chi connectivity index (χ2v) is 7.01. The zero-order chi connectivity index (χ0) is 21.8. The van der Waals surface area contributed by atoms with Gasteiger partial charge in [-0.25, -0.2) is 4.79 Å². The van der Waals surface area contributed by atoms with Gasteiger partial charge in [0.25, 0.3) is 5.89 Å². The van der Waals surface area contributed by atoms with Gasteiger partial charge in [0.2, 0.25) is 5.82 Å². The van der Waals surface area contributed by atoms with Crippen molar-refractivity contribution >= 4 is 5.97 Å². The summed E-state index contributed by atoms with van der Waals surface area (Å²) in [6.45, 7) is 4.10. The first-order chi connectivity index (χ1) is 15.0. The molecule has 8 nitrogen and oxygen atoms in total. The predicted molar refractivity (Wildman–Crippen MR) is 113 cm³/mol. The van der Waals surface area contributed by atoms with Crippen molar-refractivity contribution in [2.45, 2.75) is 27.0 Å². The van der Waals surface area contributed by atoms with Gasteiger partial charge in [-0.15, -0.1) is 0 Å². The second-order valence-electron chi connectivity index (χ2n) is 7.01. The Morgan fingerprint density at radius 2 is 1.90 bits per heavy atom. The SMILES string of the molecule is COc1cccc(-c2noc(COC(=O)c3c(C)nn(Cc4ccccc4)c3C)n2)c1. The Balaban J connectivity index is 1.44. The number of nitrogens with zero attached hydrogens (tertiary/aromatic N) is 4. The highest BCUT2D eigenvalue weighted by Crippen LogP contribution is 2.22. The molecule has 0 aliphatic rings. The van der Waals surface area contributed by atoms with Crippen LogP contribution in [-0.4, -0.2) is 33.0 Å². The summed E-state index contributed by atoms with van der Waals surface area (Å²) < 4.78 is 17.7. The van der Waals surface area contributed by atoms with Crippen LogP contribution in [0.2, 0.25) is 0 Å². The molecule has 0 radical (unpaired) electrons. The van der Waals surface area contributed by atoms with Crippen LogP contribution in [0, 0.1) is 13.8 Å². The molecule has 2 aromatic heterocycles. The van der Waals surface area contributed by atoms with Crippen LogP contribution in [0.5, 0.6) is 5.75 Å². The highest BCUT2D eigenvalue weighted by Gasteiger charge is 2.21. The van der Waals surface area contributed by atoms with Gasteiger partial charge < -0.3 is 14.0 Å². The lowest BCUT2D eigenvalue weighted by atomic mass is 10.2. The number of aryl methyl sites for hydroxylation is 1. The fourth-order valence-electron chi connectivity index (χ4n) is 3.29. The topological polar surface area (TPSA) is 92.3 Å².